The minimum Gasteiger partial charge on any atom is -0.307 e. The summed E-state index contributed by atoms with van der Waals surface area (Å²) >= 11 is 0. The fraction of sp³-hybridized carbons (Fsp3) is 0.625. The van der Waals surface area contributed by atoms with Crippen molar-refractivity contribution < 1.29 is 8.42 Å². The Hall–Kier alpha value is -0.910. The van der Waals surface area contributed by atoms with Gasteiger partial charge in [-0.25, -0.2) is 13.6 Å². The van der Waals surface area contributed by atoms with Gasteiger partial charge in [-0.1, -0.05) is 25.5 Å². The van der Waals surface area contributed by atoms with Gasteiger partial charge in [-0.3, -0.25) is 0 Å². The molecule has 0 radical (unpaired) electrons. The normalized spacial score (nSPS) is 24.7. The summed E-state index contributed by atoms with van der Waals surface area (Å²) < 4.78 is 22.8. The Balaban J connectivity index is 1.99. The van der Waals surface area contributed by atoms with Crippen LogP contribution < -0.4 is 10.5 Å². The standard InChI is InChI=1S/C16H26N2O2S/c1-3-13-7-9-15(10-8-13)18-12(2)14-5-4-6-16(11-14)21(17,19)20/h4-6,11-13,15,18H,3,7-10H2,1-2H3,(H2,17,19,20). The highest BCUT2D eigenvalue weighted by Gasteiger charge is 2.21. The lowest BCUT2D eigenvalue weighted by molar-refractivity contribution is 0.273. The van der Waals surface area contributed by atoms with Gasteiger partial charge in [0.15, 0.2) is 0 Å². The molecular formula is C16H26N2O2S. The SMILES string of the molecule is CCC1CCC(NC(C)c2cccc(S(N)(=O)=O)c2)CC1. The van der Waals surface area contributed by atoms with Gasteiger partial charge in [-0.2, -0.15) is 0 Å². The van der Waals surface area contributed by atoms with Crippen molar-refractivity contribution in [3.05, 3.63) is 29.8 Å². The van der Waals surface area contributed by atoms with Gasteiger partial charge in [0.25, 0.3) is 0 Å². The molecule has 1 aliphatic carbocycles. The van der Waals surface area contributed by atoms with Crippen LogP contribution >= 0.6 is 0 Å². The molecular weight excluding hydrogens is 284 g/mol. The Kier molecular flexibility index (Phi) is 5.41. The molecule has 1 aromatic carbocycles. The lowest BCUT2D eigenvalue weighted by atomic mass is 9.84. The fourth-order valence-corrected chi connectivity index (χ4v) is 3.72. The molecule has 2 rings (SSSR count). The zero-order chi connectivity index (χ0) is 15.5. The van der Waals surface area contributed by atoms with Gasteiger partial charge in [0, 0.05) is 12.1 Å². The molecule has 3 N–H and O–H groups in total. The van der Waals surface area contributed by atoms with E-state index in [2.05, 4.69) is 19.2 Å². The van der Waals surface area contributed by atoms with Gasteiger partial charge in [0.05, 0.1) is 4.90 Å². The van der Waals surface area contributed by atoms with Gasteiger partial charge >= 0.3 is 0 Å². The summed E-state index contributed by atoms with van der Waals surface area (Å²) in [4.78, 5) is 0.184. The van der Waals surface area contributed by atoms with Crippen molar-refractivity contribution in [3.8, 4) is 0 Å². The zero-order valence-corrected chi connectivity index (χ0v) is 13.7. The monoisotopic (exact) mass is 310 g/mol. The summed E-state index contributed by atoms with van der Waals surface area (Å²) in [5.41, 5.74) is 0.971. The second kappa shape index (κ2) is 6.90. The zero-order valence-electron chi connectivity index (χ0n) is 12.9. The summed E-state index contributed by atoms with van der Waals surface area (Å²) in [6, 6.07) is 7.57. The molecule has 0 aromatic heterocycles. The topological polar surface area (TPSA) is 72.2 Å². The fourth-order valence-electron chi connectivity index (χ4n) is 3.15. The average Bonchev–Trinajstić information content (AvgIpc) is 2.47. The van der Waals surface area contributed by atoms with E-state index in [1.165, 1.54) is 38.2 Å². The molecule has 0 saturated heterocycles. The van der Waals surface area contributed by atoms with Crippen LogP contribution in [0.3, 0.4) is 0 Å². The van der Waals surface area contributed by atoms with E-state index in [9.17, 15) is 8.42 Å². The van der Waals surface area contributed by atoms with E-state index < -0.39 is 10.0 Å². The minimum absolute atomic E-state index is 0.134. The molecule has 1 fully saturated rings. The van der Waals surface area contributed by atoms with E-state index in [1.54, 1.807) is 12.1 Å². The maximum atomic E-state index is 11.4. The highest BCUT2D eigenvalue weighted by molar-refractivity contribution is 7.89. The quantitative estimate of drug-likeness (QED) is 0.878. The summed E-state index contributed by atoms with van der Waals surface area (Å²) in [6.45, 7) is 4.34. The Morgan fingerprint density at radius 3 is 2.52 bits per heavy atom. The number of benzene rings is 1. The Bertz CT molecular complexity index is 563. The first-order valence-electron chi connectivity index (χ1n) is 7.79. The van der Waals surface area contributed by atoms with Crippen molar-refractivity contribution in [1.29, 1.82) is 0 Å². The van der Waals surface area contributed by atoms with Crippen LogP contribution in [0.25, 0.3) is 0 Å². The van der Waals surface area contributed by atoms with Crippen LogP contribution in [0.5, 0.6) is 0 Å². The van der Waals surface area contributed by atoms with Crippen LogP contribution in [0.4, 0.5) is 0 Å². The third-order valence-electron chi connectivity index (χ3n) is 4.60. The average molecular weight is 310 g/mol. The second-order valence-electron chi connectivity index (χ2n) is 6.13. The number of hydrogen-bond acceptors (Lipinski definition) is 3. The summed E-state index contributed by atoms with van der Waals surface area (Å²) in [5.74, 6) is 0.879. The molecule has 1 aromatic rings. The first-order valence-corrected chi connectivity index (χ1v) is 9.33. The summed E-state index contributed by atoms with van der Waals surface area (Å²) in [7, 11) is -3.63. The number of nitrogens with two attached hydrogens (primary N) is 1. The maximum Gasteiger partial charge on any atom is 0.238 e. The molecule has 0 amide bonds. The number of rotatable bonds is 5. The Labute approximate surface area is 128 Å². The van der Waals surface area contributed by atoms with Gasteiger partial charge in [-0.15, -0.1) is 0 Å². The van der Waals surface area contributed by atoms with Gasteiger partial charge in [-0.05, 0) is 56.2 Å². The Morgan fingerprint density at radius 2 is 1.95 bits per heavy atom. The number of hydrogen-bond donors (Lipinski definition) is 2. The highest BCUT2D eigenvalue weighted by Crippen LogP contribution is 2.28. The highest BCUT2D eigenvalue weighted by atomic mass is 32.2. The summed E-state index contributed by atoms with van der Waals surface area (Å²) in [5, 5.41) is 8.82. The van der Waals surface area contributed by atoms with Crippen LogP contribution in [0.2, 0.25) is 0 Å². The largest absolute Gasteiger partial charge is 0.307 e. The first kappa shape index (κ1) is 16.5. The molecule has 118 valence electrons. The predicted molar refractivity (Wildman–Crippen MR) is 85.4 cm³/mol. The minimum atomic E-state index is -3.63. The van der Waals surface area contributed by atoms with E-state index in [-0.39, 0.29) is 10.9 Å². The van der Waals surface area contributed by atoms with Crippen LogP contribution in [0.1, 0.15) is 57.6 Å². The van der Waals surface area contributed by atoms with Crippen molar-refractivity contribution in [3.63, 3.8) is 0 Å². The molecule has 0 aliphatic heterocycles. The molecule has 0 spiro atoms. The van der Waals surface area contributed by atoms with Crippen LogP contribution in [-0.4, -0.2) is 14.5 Å². The molecule has 1 atom stereocenters. The van der Waals surface area contributed by atoms with Gasteiger partial charge in [0.2, 0.25) is 10.0 Å². The van der Waals surface area contributed by atoms with Crippen LogP contribution in [-0.2, 0) is 10.0 Å². The number of sulfonamides is 1. The third-order valence-corrected chi connectivity index (χ3v) is 5.51. The molecule has 5 heteroatoms. The van der Waals surface area contributed by atoms with Crippen LogP contribution in [0.15, 0.2) is 29.2 Å². The molecule has 1 unspecified atom stereocenters. The Morgan fingerprint density at radius 1 is 1.29 bits per heavy atom. The molecule has 4 nitrogen and oxygen atoms in total. The van der Waals surface area contributed by atoms with Crippen molar-refractivity contribution >= 4 is 10.0 Å². The summed E-state index contributed by atoms with van der Waals surface area (Å²) in [6.07, 6.45) is 6.27. The van der Waals surface area contributed by atoms with Crippen LogP contribution in [0, 0.1) is 5.92 Å². The maximum absolute atomic E-state index is 11.4. The lowest BCUT2D eigenvalue weighted by Gasteiger charge is -2.31. The molecule has 1 saturated carbocycles. The van der Waals surface area contributed by atoms with Gasteiger partial charge < -0.3 is 5.32 Å². The number of nitrogens with one attached hydrogen (secondary N) is 1. The molecule has 0 heterocycles. The molecule has 0 bridgehead atoms. The number of primary sulfonamides is 1. The molecule has 21 heavy (non-hydrogen) atoms. The van der Waals surface area contributed by atoms with E-state index in [0.29, 0.717) is 6.04 Å². The van der Waals surface area contributed by atoms with Crippen molar-refractivity contribution in [2.45, 2.75) is 62.9 Å². The van der Waals surface area contributed by atoms with E-state index in [4.69, 9.17) is 5.14 Å². The lowest BCUT2D eigenvalue weighted by Crippen LogP contribution is -2.35. The van der Waals surface area contributed by atoms with Crippen molar-refractivity contribution in [1.82, 2.24) is 5.32 Å². The first-order chi connectivity index (χ1) is 9.90. The van der Waals surface area contributed by atoms with Crippen molar-refractivity contribution in [2.24, 2.45) is 11.1 Å². The van der Waals surface area contributed by atoms with E-state index in [1.807, 2.05) is 6.07 Å². The molecule has 1 aliphatic rings. The smallest absolute Gasteiger partial charge is 0.238 e. The van der Waals surface area contributed by atoms with E-state index in [0.717, 1.165) is 11.5 Å². The van der Waals surface area contributed by atoms with Gasteiger partial charge in [0.1, 0.15) is 0 Å². The van der Waals surface area contributed by atoms with Crippen molar-refractivity contribution in [2.75, 3.05) is 0 Å². The third kappa shape index (κ3) is 4.53. The second-order valence-corrected chi connectivity index (χ2v) is 7.69. The van der Waals surface area contributed by atoms with E-state index >= 15 is 0 Å². The predicted octanol–water partition coefficient (Wildman–Crippen LogP) is 2.95.